The van der Waals surface area contributed by atoms with Crippen LogP contribution in [0.15, 0.2) is 84.2 Å². The highest BCUT2D eigenvalue weighted by molar-refractivity contribution is 7.14. The monoisotopic (exact) mass is 490 g/mol. The van der Waals surface area contributed by atoms with Crippen LogP contribution in [0.3, 0.4) is 0 Å². The van der Waals surface area contributed by atoms with E-state index in [-0.39, 0.29) is 12.3 Å². The molecule has 0 aliphatic heterocycles. The van der Waals surface area contributed by atoms with E-state index in [1.165, 1.54) is 16.2 Å². The molecule has 0 aliphatic rings. The van der Waals surface area contributed by atoms with Crippen LogP contribution in [0.2, 0.25) is 5.02 Å². The fourth-order valence-electron chi connectivity index (χ4n) is 3.85. The minimum absolute atomic E-state index is 0.240. The molecule has 4 aromatic rings. The first kappa shape index (κ1) is 23.7. The number of carbonyl (C=O) groups is 2. The first-order valence-electron chi connectivity index (χ1n) is 10.8. The predicted octanol–water partition coefficient (Wildman–Crippen LogP) is 6.43. The summed E-state index contributed by atoms with van der Waals surface area (Å²) in [5.41, 5.74) is 4.65. The molecule has 0 saturated carbocycles. The summed E-state index contributed by atoms with van der Waals surface area (Å²) in [6, 6.07) is 25.0. The Labute approximate surface area is 207 Å². The Hall–Kier alpha value is -3.48. The van der Waals surface area contributed by atoms with E-state index in [4.69, 9.17) is 16.6 Å². The van der Waals surface area contributed by atoms with Crippen LogP contribution in [-0.4, -0.2) is 29.0 Å². The zero-order valence-corrected chi connectivity index (χ0v) is 20.1. The number of carboxylic acids is 1. The predicted molar refractivity (Wildman–Crippen MR) is 137 cm³/mol. The highest BCUT2D eigenvalue weighted by atomic mass is 35.5. The molecule has 7 heteroatoms. The zero-order valence-electron chi connectivity index (χ0n) is 18.5. The van der Waals surface area contributed by atoms with E-state index in [1.54, 1.807) is 7.05 Å². The lowest BCUT2D eigenvalue weighted by Gasteiger charge is -2.21. The standard InChI is InChI=1S/C27H23ClN2O3S/c1-30(26(33)20(16-25(31)32)15-18-7-3-2-4-8-18)27-29-24(17-34-27)23-10-6-5-9-22(23)19-11-13-21(28)14-12-19/h2-14,17,20H,15-16H2,1H3,(H,31,32). The molecule has 0 saturated heterocycles. The Morgan fingerprint density at radius 1 is 0.971 bits per heavy atom. The first-order chi connectivity index (χ1) is 16.4. The number of rotatable bonds is 8. The number of thiazole rings is 1. The van der Waals surface area contributed by atoms with Crippen molar-refractivity contribution >= 4 is 39.9 Å². The quantitative estimate of drug-likeness (QED) is 0.309. The lowest BCUT2D eigenvalue weighted by Crippen LogP contribution is -2.35. The van der Waals surface area contributed by atoms with Crippen molar-refractivity contribution in [3.05, 3.63) is 94.8 Å². The molecule has 1 aromatic heterocycles. The van der Waals surface area contributed by atoms with Gasteiger partial charge in [-0.1, -0.05) is 78.3 Å². The summed E-state index contributed by atoms with van der Waals surface area (Å²) in [6.07, 6.45) is 0.115. The third kappa shape index (κ3) is 5.53. The fraction of sp³-hybridized carbons (Fsp3) is 0.148. The van der Waals surface area contributed by atoms with Gasteiger partial charge in [0.25, 0.3) is 0 Å². The van der Waals surface area contributed by atoms with Gasteiger partial charge in [-0.25, -0.2) is 4.98 Å². The van der Waals surface area contributed by atoms with Crippen molar-refractivity contribution in [2.45, 2.75) is 12.8 Å². The minimum atomic E-state index is -1.00. The van der Waals surface area contributed by atoms with Crippen LogP contribution in [0.5, 0.6) is 0 Å². The summed E-state index contributed by atoms with van der Waals surface area (Å²) in [5, 5.41) is 12.5. The number of carbonyl (C=O) groups excluding carboxylic acids is 1. The molecule has 1 atom stereocenters. The van der Waals surface area contributed by atoms with Gasteiger partial charge in [0.1, 0.15) is 0 Å². The number of aromatic nitrogens is 1. The highest BCUT2D eigenvalue weighted by Crippen LogP contribution is 2.35. The van der Waals surface area contributed by atoms with Crippen molar-refractivity contribution in [3.8, 4) is 22.4 Å². The van der Waals surface area contributed by atoms with Gasteiger partial charge in [0.2, 0.25) is 5.91 Å². The van der Waals surface area contributed by atoms with Gasteiger partial charge in [-0.2, -0.15) is 0 Å². The van der Waals surface area contributed by atoms with E-state index in [1.807, 2.05) is 84.2 Å². The van der Waals surface area contributed by atoms with Gasteiger partial charge >= 0.3 is 5.97 Å². The molecule has 0 fully saturated rings. The molecule has 172 valence electrons. The lowest BCUT2D eigenvalue weighted by atomic mass is 9.95. The molecular formula is C27H23ClN2O3S. The molecule has 0 bridgehead atoms. The molecule has 1 heterocycles. The van der Waals surface area contributed by atoms with Crippen LogP contribution in [0, 0.1) is 5.92 Å². The van der Waals surface area contributed by atoms with Crippen LogP contribution < -0.4 is 4.90 Å². The average Bonchev–Trinajstić information content (AvgIpc) is 3.34. The van der Waals surface area contributed by atoms with Gasteiger partial charge in [-0.15, -0.1) is 11.3 Å². The van der Waals surface area contributed by atoms with Crippen LogP contribution >= 0.6 is 22.9 Å². The second-order valence-electron chi connectivity index (χ2n) is 7.95. The van der Waals surface area contributed by atoms with Gasteiger partial charge in [0.05, 0.1) is 18.0 Å². The van der Waals surface area contributed by atoms with Crippen molar-refractivity contribution in [2.75, 3.05) is 11.9 Å². The summed E-state index contributed by atoms with van der Waals surface area (Å²) in [7, 11) is 1.65. The third-order valence-electron chi connectivity index (χ3n) is 5.56. The van der Waals surface area contributed by atoms with E-state index in [0.29, 0.717) is 16.6 Å². The van der Waals surface area contributed by atoms with Crippen LogP contribution in [-0.2, 0) is 16.0 Å². The molecule has 0 radical (unpaired) electrons. The smallest absolute Gasteiger partial charge is 0.304 e. The topological polar surface area (TPSA) is 70.5 Å². The van der Waals surface area contributed by atoms with Gasteiger partial charge in [-0.05, 0) is 35.2 Å². The second kappa shape index (κ2) is 10.6. The van der Waals surface area contributed by atoms with Gasteiger partial charge in [-0.3, -0.25) is 14.5 Å². The Morgan fingerprint density at radius 2 is 1.62 bits per heavy atom. The van der Waals surface area contributed by atoms with E-state index >= 15 is 0 Å². The molecule has 3 aromatic carbocycles. The third-order valence-corrected chi connectivity index (χ3v) is 6.73. The first-order valence-corrected chi connectivity index (χ1v) is 12.0. The fourth-order valence-corrected chi connectivity index (χ4v) is 4.78. The molecule has 1 N–H and O–H groups in total. The molecule has 34 heavy (non-hydrogen) atoms. The highest BCUT2D eigenvalue weighted by Gasteiger charge is 2.27. The summed E-state index contributed by atoms with van der Waals surface area (Å²) in [5.74, 6) is -1.95. The van der Waals surface area contributed by atoms with Crippen molar-refractivity contribution in [1.82, 2.24) is 4.98 Å². The van der Waals surface area contributed by atoms with Crippen LogP contribution in [0.25, 0.3) is 22.4 Å². The SMILES string of the molecule is CN(C(=O)C(CC(=O)O)Cc1ccccc1)c1nc(-c2ccccc2-c2ccc(Cl)cc2)cs1. The number of halogens is 1. The normalized spacial score (nSPS) is 11.7. The number of aliphatic carboxylic acids is 1. The van der Waals surface area contributed by atoms with Crippen molar-refractivity contribution in [1.29, 1.82) is 0 Å². The number of anilines is 1. The number of nitrogens with zero attached hydrogens (tertiary/aromatic N) is 2. The van der Waals surface area contributed by atoms with Crippen molar-refractivity contribution < 1.29 is 14.7 Å². The summed E-state index contributed by atoms with van der Waals surface area (Å²) < 4.78 is 0. The van der Waals surface area contributed by atoms with Crippen LogP contribution in [0.4, 0.5) is 5.13 Å². The Bertz CT molecular complexity index is 1290. The van der Waals surface area contributed by atoms with E-state index in [9.17, 15) is 14.7 Å². The van der Waals surface area contributed by atoms with Crippen LogP contribution in [0.1, 0.15) is 12.0 Å². The molecule has 1 unspecified atom stereocenters. The molecule has 1 amide bonds. The molecule has 0 spiro atoms. The zero-order chi connectivity index (χ0) is 24.1. The number of hydrogen-bond donors (Lipinski definition) is 1. The Balaban J connectivity index is 1.59. The molecule has 0 aliphatic carbocycles. The van der Waals surface area contributed by atoms with E-state index in [2.05, 4.69) is 0 Å². The number of carboxylic acid groups (broad SMARTS) is 1. The lowest BCUT2D eigenvalue weighted by molar-refractivity contribution is -0.140. The van der Waals surface area contributed by atoms with Gasteiger partial charge in [0.15, 0.2) is 5.13 Å². The number of benzene rings is 3. The minimum Gasteiger partial charge on any atom is -0.481 e. The van der Waals surface area contributed by atoms with Crippen molar-refractivity contribution in [3.63, 3.8) is 0 Å². The number of amides is 1. The summed E-state index contributed by atoms with van der Waals surface area (Å²) in [4.78, 5) is 30.9. The Morgan fingerprint density at radius 3 is 2.29 bits per heavy atom. The summed E-state index contributed by atoms with van der Waals surface area (Å²) >= 11 is 7.40. The van der Waals surface area contributed by atoms with Gasteiger partial charge < -0.3 is 5.11 Å². The summed E-state index contributed by atoms with van der Waals surface area (Å²) in [6.45, 7) is 0. The maximum Gasteiger partial charge on any atom is 0.304 e. The molecular weight excluding hydrogens is 468 g/mol. The molecule has 4 rings (SSSR count). The maximum absolute atomic E-state index is 13.3. The number of hydrogen-bond acceptors (Lipinski definition) is 4. The maximum atomic E-state index is 13.3. The average molecular weight is 491 g/mol. The largest absolute Gasteiger partial charge is 0.481 e. The van der Waals surface area contributed by atoms with Gasteiger partial charge in [0, 0.05) is 23.0 Å². The Kier molecular flexibility index (Phi) is 7.40. The molecule has 5 nitrogen and oxygen atoms in total. The van der Waals surface area contributed by atoms with E-state index < -0.39 is 11.9 Å². The van der Waals surface area contributed by atoms with E-state index in [0.717, 1.165) is 27.9 Å². The van der Waals surface area contributed by atoms with Crippen molar-refractivity contribution in [2.24, 2.45) is 5.92 Å². The second-order valence-corrected chi connectivity index (χ2v) is 9.22.